The Bertz CT molecular complexity index is 1370. The maximum atomic E-state index is 13.5. The van der Waals surface area contributed by atoms with Crippen LogP contribution in [-0.4, -0.2) is 73.8 Å². The number of H-pyrrole nitrogens is 2. The van der Waals surface area contributed by atoms with Crippen molar-refractivity contribution in [3.63, 3.8) is 0 Å². The molecule has 0 saturated carbocycles. The van der Waals surface area contributed by atoms with Crippen LogP contribution in [0.3, 0.4) is 0 Å². The molecule has 0 bridgehead atoms. The Labute approximate surface area is 236 Å². The third kappa shape index (κ3) is 8.63. The number of rotatable bonds is 15. The van der Waals surface area contributed by atoms with Gasteiger partial charge in [0.1, 0.15) is 18.1 Å². The molecule has 10 N–H and O–H groups in total. The number of aromatic nitrogens is 3. The van der Waals surface area contributed by atoms with E-state index in [2.05, 4.69) is 30.9 Å². The van der Waals surface area contributed by atoms with Gasteiger partial charge in [-0.3, -0.25) is 19.2 Å². The number of carboxylic acid groups (broad SMARTS) is 1. The lowest BCUT2D eigenvalue weighted by molar-refractivity contribution is -0.142. The Hall–Kier alpha value is -4.72. The monoisotopic (exact) mass is 568 g/mol. The van der Waals surface area contributed by atoms with Crippen molar-refractivity contribution in [1.82, 2.24) is 30.9 Å². The number of aromatic amines is 2. The maximum absolute atomic E-state index is 13.5. The first-order chi connectivity index (χ1) is 19.5. The predicted octanol–water partition coefficient (Wildman–Crippen LogP) is -0.536. The first-order valence-electron chi connectivity index (χ1n) is 13.2. The number of carbonyl (C=O) groups excluding carboxylic acids is 4. The lowest BCUT2D eigenvalue weighted by atomic mass is 9.99. The van der Waals surface area contributed by atoms with Gasteiger partial charge in [0.2, 0.25) is 23.6 Å². The number of carboxylic acids is 1. The van der Waals surface area contributed by atoms with Crippen molar-refractivity contribution in [3.8, 4) is 0 Å². The number of imidazole rings is 1. The molecule has 0 aliphatic rings. The second-order valence-electron chi connectivity index (χ2n) is 10.1. The standard InChI is InChI=1S/C27H36N8O6/c1-14(2)23(35-24(37)18(28)7-8-22(29)36)26(39)33-20(9-15-11-31-19-6-4-3-5-17(15)19)25(38)34-21(27(40)41)10-16-12-30-13-32-16/h3-6,11-14,18,20-21,23,31H,7-10,28H2,1-2H3,(H2,29,36)(H,30,32)(H,33,39)(H,34,38)(H,35,37)(H,40,41). The fraction of sp³-hybridized carbons (Fsp3) is 0.407. The number of fused-ring (bicyclic) bond motifs is 1. The van der Waals surface area contributed by atoms with E-state index in [9.17, 15) is 29.1 Å². The zero-order chi connectivity index (χ0) is 30.1. The maximum Gasteiger partial charge on any atom is 0.326 e. The molecule has 41 heavy (non-hydrogen) atoms. The highest BCUT2D eigenvalue weighted by atomic mass is 16.4. The van der Waals surface area contributed by atoms with Crippen LogP contribution in [0.15, 0.2) is 43.0 Å². The molecule has 0 saturated heterocycles. The number of hydrogen-bond acceptors (Lipinski definition) is 7. The van der Waals surface area contributed by atoms with Crippen LogP contribution in [0.1, 0.15) is 37.9 Å². The van der Waals surface area contributed by atoms with E-state index >= 15 is 0 Å². The number of nitrogens with one attached hydrogen (secondary N) is 5. The van der Waals surface area contributed by atoms with Gasteiger partial charge in [-0.2, -0.15) is 0 Å². The molecule has 3 rings (SSSR count). The molecular formula is C27H36N8O6. The summed E-state index contributed by atoms with van der Waals surface area (Å²) in [4.78, 5) is 72.4. The Balaban J connectivity index is 1.82. The molecule has 2 aromatic heterocycles. The van der Waals surface area contributed by atoms with Gasteiger partial charge in [-0.25, -0.2) is 9.78 Å². The van der Waals surface area contributed by atoms with E-state index in [0.29, 0.717) is 5.69 Å². The number of amides is 4. The summed E-state index contributed by atoms with van der Waals surface area (Å²) in [5, 5.41) is 18.4. The van der Waals surface area contributed by atoms with Crippen LogP contribution in [-0.2, 0) is 36.8 Å². The SMILES string of the molecule is CC(C)C(NC(=O)C(N)CCC(N)=O)C(=O)NC(Cc1c[nH]c2ccccc12)C(=O)NC(Cc1cnc[nH]1)C(=O)O. The highest BCUT2D eigenvalue weighted by molar-refractivity contribution is 5.95. The van der Waals surface area contributed by atoms with Crippen molar-refractivity contribution >= 4 is 40.5 Å². The Morgan fingerprint density at radius 1 is 0.951 bits per heavy atom. The summed E-state index contributed by atoms with van der Waals surface area (Å²) in [6.45, 7) is 3.41. The van der Waals surface area contributed by atoms with E-state index < -0.39 is 59.7 Å². The Morgan fingerprint density at radius 2 is 1.66 bits per heavy atom. The minimum atomic E-state index is -1.30. The van der Waals surface area contributed by atoms with Gasteiger partial charge in [0.05, 0.1) is 12.4 Å². The summed E-state index contributed by atoms with van der Waals surface area (Å²) in [7, 11) is 0. The van der Waals surface area contributed by atoms with Crippen molar-refractivity contribution in [2.45, 2.75) is 63.7 Å². The molecule has 0 aliphatic carbocycles. The van der Waals surface area contributed by atoms with E-state index in [-0.39, 0.29) is 25.7 Å². The van der Waals surface area contributed by atoms with Crippen LogP contribution in [0.2, 0.25) is 0 Å². The van der Waals surface area contributed by atoms with E-state index in [1.807, 2.05) is 24.3 Å². The molecule has 3 aromatic rings. The summed E-state index contributed by atoms with van der Waals surface area (Å²) >= 11 is 0. The summed E-state index contributed by atoms with van der Waals surface area (Å²) in [6, 6.07) is 2.79. The fourth-order valence-corrected chi connectivity index (χ4v) is 4.30. The van der Waals surface area contributed by atoms with Crippen molar-refractivity contribution in [3.05, 3.63) is 54.2 Å². The van der Waals surface area contributed by atoms with Crippen molar-refractivity contribution in [2.75, 3.05) is 0 Å². The molecule has 0 fully saturated rings. The highest BCUT2D eigenvalue weighted by Crippen LogP contribution is 2.19. The van der Waals surface area contributed by atoms with E-state index in [0.717, 1.165) is 16.5 Å². The summed E-state index contributed by atoms with van der Waals surface area (Å²) in [5.74, 6) is -4.29. The second-order valence-corrected chi connectivity index (χ2v) is 10.1. The highest BCUT2D eigenvalue weighted by Gasteiger charge is 2.32. The third-order valence-corrected chi connectivity index (χ3v) is 6.61. The van der Waals surface area contributed by atoms with Gasteiger partial charge in [0.25, 0.3) is 0 Å². The van der Waals surface area contributed by atoms with Gasteiger partial charge >= 0.3 is 5.97 Å². The Kier molecular flexibility index (Phi) is 10.6. The molecule has 0 aliphatic heterocycles. The minimum Gasteiger partial charge on any atom is -0.480 e. The van der Waals surface area contributed by atoms with Crippen LogP contribution in [0, 0.1) is 5.92 Å². The van der Waals surface area contributed by atoms with E-state index in [1.54, 1.807) is 20.0 Å². The number of nitrogens with two attached hydrogens (primary N) is 2. The van der Waals surface area contributed by atoms with E-state index in [4.69, 9.17) is 11.5 Å². The van der Waals surface area contributed by atoms with Crippen molar-refractivity contribution in [1.29, 1.82) is 0 Å². The third-order valence-electron chi connectivity index (χ3n) is 6.61. The minimum absolute atomic E-state index is 0.00606. The molecule has 220 valence electrons. The molecule has 2 heterocycles. The normalized spacial score (nSPS) is 14.1. The molecule has 4 amide bonds. The van der Waals surface area contributed by atoms with Crippen molar-refractivity contribution < 1.29 is 29.1 Å². The molecule has 4 atom stereocenters. The first kappa shape index (κ1) is 30.8. The summed E-state index contributed by atoms with van der Waals surface area (Å²) in [5.41, 5.74) is 13.0. The molecule has 14 heteroatoms. The molecule has 0 spiro atoms. The zero-order valence-corrected chi connectivity index (χ0v) is 22.8. The van der Waals surface area contributed by atoms with Gasteiger partial charge in [0, 0.05) is 48.3 Å². The second kappa shape index (κ2) is 14.1. The van der Waals surface area contributed by atoms with Gasteiger partial charge in [-0.05, 0) is 24.0 Å². The van der Waals surface area contributed by atoms with Crippen LogP contribution >= 0.6 is 0 Å². The number of carbonyl (C=O) groups is 5. The average molecular weight is 569 g/mol. The molecular weight excluding hydrogens is 532 g/mol. The number of aliphatic carboxylic acids is 1. The first-order valence-corrected chi connectivity index (χ1v) is 13.2. The van der Waals surface area contributed by atoms with Gasteiger partial charge in [-0.15, -0.1) is 0 Å². The number of benzene rings is 1. The summed E-state index contributed by atoms with van der Waals surface area (Å²) < 4.78 is 0. The number of hydrogen-bond donors (Lipinski definition) is 8. The average Bonchev–Trinajstić information content (AvgIpc) is 3.59. The molecule has 14 nitrogen and oxygen atoms in total. The van der Waals surface area contributed by atoms with Crippen LogP contribution in [0.25, 0.3) is 10.9 Å². The number of para-hydroxylation sites is 1. The number of primary amides is 1. The van der Waals surface area contributed by atoms with Gasteiger partial charge in [-0.1, -0.05) is 32.0 Å². The molecule has 0 radical (unpaired) electrons. The smallest absolute Gasteiger partial charge is 0.326 e. The van der Waals surface area contributed by atoms with E-state index in [1.165, 1.54) is 12.5 Å². The number of nitrogens with zero attached hydrogens (tertiary/aromatic N) is 1. The van der Waals surface area contributed by atoms with Crippen molar-refractivity contribution in [2.24, 2.45) is 17.4 Å². The van der Waals surface area contributed by atoms with Gasteiger partial charge in [0.15, 0.2) is 0 Å². The lowest BCUT2D eigenvalue weighted by Crippen LogP contribution is -2.59. The van der Waals surface area contributed by atoms with Crippen LogP contribution < -0.4 is 27.4 Å². The molecule has 1 aromatic carbocycles. The zero-order valence-electron chi connectivity index (χ0n) is 22.8. The predicted molar refractivity (Wildman–Crippen MR) is 149 cm³/mol. The van der Waals surface area contributed by atoms with Gasteiger partial charge < -0.3 is 42.5 Å². The summed E-state index contributed by atoms with van der Waals surface area (Å²) in [6.07, 6.45) is 4.47. The quantitative estimate of drug-likeness (QED) is 0.118. The van der Waals surface area contributed by atoms with Crippen LogP contribution in [0.4, 0.5) is 0 Å². The molecule has 4 unspecified atom stereocenters. The fourth-order valence-electron chi connectivity index (χ4n) is 4.30. The Morgan fingerprint density at radius 3 is 2.29 bits per heavy atom. The largest absolute Gasteiger partial charge is 0.480 e. The topological polar surface area (TPSA) is 238 Å². The lowest BCUT2D eigenvalue weighted by Gasteiger charge is -2.27. The van der Waals surface area contributed by atoms with Crippen LogP contribution in [0.5, 0.6) is 0 Å².